The Morgan fingerprint density at radius 1 is 1.39 bits per heavy atom. The molecule has 0 radical (unpaired) electrons. The summed E-state index contributed by atoms with van der Waals surface area (Å²) >= 11 is 4.95. The van der Waals surface area contributed by atoms with Crippen LogP contribution < -0.4 is 15.5 Å². The third-order valence-electron chi connectivity index (χ3n) is 2.07. The molecule has 1 rings (SSSR count). The molecule has 96 valence electrons. The maximum absolute atomic E-state index is 5.08. The maximum Gasteiger partial charge on any atom is 0.186 e. The van der Waals surface area contributed by atoms with Gasteiger partial charge in [0.05, 0.1) is 7.11 Å². The Bertz CT molecular complexity index is 426. The van der Waals surface area contributed by atoms with Gasteiger partial charge in [-0.05, 0) is 42.9 Å². The molecule has 0 amide bonds. The summed E-state index contributed by atoms with van der Waals surface area (Å²) in [7, 11) is 1.65. The number of thiocarbonyl (C=S) groups is 1. The van der Waals surface area contributed by atoms with E-state index in [-0.39, 0.29) is 0 Å². The Hall–Kier alpha value is -1.88. The van der Waals surface area contributed by atoms with Crippen LogP contribution in [0.1, 0.15) is 12.5 Å². The average molecular weight is 263 g/mol. The highest BCUT2D eigenvalue weighted by Crippen LogP contribution is 2.11. The van der Waals surface area contributed by atoms with E-state index < -0.39 is 0 Å². The van der Waals surface area contributed by atoms with E-state index in [1.807, 2.05) is 43.3 Å². The Morgan fingerprint density at radius 3 is 2.72 bits per heavy atom. The lowest BCUT2D eigenvalue weighted by Gasteiger charge is -2.01. The lowest BCUT2D eigenvalue weighted by molar-refractivity contribution is 0.415. The van der Waals surface area contributed by atoms with Gasteiger partial charge in [0, 0.05) is 12.8 Å². The number of hydrazone groups is 1. The van der Waals surface area contributed by atoms with E-state index >= 15 is 0 Å². The van der Waals surface area contributed by atoms with E-state index in [2.05, 4.69) is 15.8 Å². The quantitative estimate of drug-likeness (QED) is 0.485. The Kier molecular flexibility index (Phi) is 6.50. The number of allylic oxidation sites excluding steroid dienone is 1. The minimum Gasteiger partial charge on any atom is -0.497 e. The van der Waals surface area contributed by atoms with Gasteiger partial charge in [-0.1, -0.05) is 18.2 Å². The van der Waals surface area contributed by atoms with Gasteiger partial charge in [0.2, 0.25) is 0 Å². The van der Waals surface area contributed by atoms with E-state index in [0.29, 0.717) is 5.11 Å². The van der Waals surface area contributed by atoms with Gasteiger partial charge in [0.15, 0.2) is 5.11 Å². The zero-order valence-corrected chi connectivity index (χ0v) is 11.3. The molecule has 0 fully saturated rings. The van der Waals surface area contributed by atoms with Gasteiger partial charge >= 0.3 is 0 Å². The summed E-state index contributed by atoms with van der Waals surface area (Å²) in [6, 6.07) is 7.77. The van der Waals surface area contributed by atoms with E-state index in [1.54, 1.807) is 13.3 Å². The molecule has 1 aromatic rings. The topological polar surface area (TPSA) is 45.7 Å². The molecule has 0 heterocycles. The van der Waals surface area contributed by atoms with Crippen molar-refractivity contribution in [3.05, 3.63) is 35.9 Å². The van der Waals surface area contributed by atoms with E-state index in [1.165, 1.54) is 0 Å². The summed E-state index contributed by atoms with van der Waals surface area (Å²) in [4.78, 5) is 0. The normalized spacial score (nSPS) is 10.8. The number of hydrogen-bond donors (Lipinski definition) is 2. The highest BCUT2D eigenvalue weighted by Gasteiger charge is 1.89. The first-order chi connectivity index (χ1) is 8.76. The number of nitrogens with one attached hydrogen (secondary N) is 2. The fraction of sp³-hybridized carbons (Fsp3) is 0.231. The summed E-state index contributed by atoms with van der Waals surface area (Å²) in [5.74, 6) is 0.846. The smallest absolute Gasteiger partial charge is 0.186 e. The second kappa shape index (κ2) is 8.25. The first-order valence-corrected chi connectivity index (χ1v) is 6.04. The fourth-order valence-corrected chi connectivity index (χ4v) is 1.41. The van der Waals surface area contributed by atoms with Crippen molar-refractivity contribution in [2.75, 3.05) is 13.7 Å². The molecule has 0 bridgehead atoms. The van der Waals surface area contributed by atoms with Crippen molar-refractivity contribution in [3.8, 4) is 5.75 Å². The lowest BCUT2D eigenvalue weighted by Crippen LogP contribution is -2.31. The van der Waals surface area contributed by atoms with Crippen LogP contribution in [0, 0.1) is 0 Å². The average Bonchev–Trinajstić information content (AvgIpc) is 2.39. The van der Waals surface area contributed by atoms with E-state index in [9.17, 15) is 0 Å². The van der Waals surface area contributed by atoms with Gasteiger partial charge < -0.3 is 10.1 Å². The number of methoxy groups -OCH3 is 1. The van der Waals surface area contributed by atoms with Crippen LogP contribution >= 0.6 is 12.2 Å². The molecule has 4 nitrogen and oxygen atoms in total. The molecule has 0 aliphatic carbocycles. The first-order valence-electron chi connectivity index (χ1n) is 5.64. The van der Waals surface area contributed by atoms with Crippen LogP contribution in [0.5, 0.6) is 5.75 Å². The fourth-order valence-electron chi connectivity index (χ4n) is 1.21. The van der Waals surface area contributed by atoms with Crippen molar-refractivity contribution >= 4 is 29.6 Å². The second-order valence-electron chi connectivity index (χ2n) is 3.38. The van der Waals surface area contributed by atoms with Crippen LogP contribution in [0.2, 0.25) is 0 Å². The first kappa shape index (κ1) is 14.2. The van der Waals surface area contributed by atoms with E-state index in [0.717, 1.165) is 17.9 Å². The molecular formula is C13H17N3OS. The summed E-state index contributed by atoms with van der Waals surface area (Å²) in [6.45, 7) is 2.75. The van der Waals surface area contributed by atoms with Crippen molar-refractivity contribution in [2.24, 2.45) is 5.10 Å². The van der Waals surface area contributed by atoms with Crippen molar-refractivity contribution in [1.29, 1.82) is 0 Å². The summed E-state index contributed by atoms with van der Waals surface area (Å²) in [6.07, 6.45) is 5.43. The summed E-state index contributed by atoms with van der Waals surface area (Å²) < 4.78 is 5.08. The Morgan fingerprint density at radius 2 is 2.11 bits per heavy atom. The van der Waals surface area contributed by atoms with Crippen LogP contribution in [0.15, 0.2) is 35.4 Å². The van der Waals surface area contributed by atoms with Crippen LogP contribution in [0.25, 0.3) is 6.08 Å². The number of nitrogens with zero attached hydrogens (tertiary/aromatic N) is 1. The molecule has 0 aliphatic heterocycles. The van der Waals surface area contributed by atoms with Crippen LogP contribution in [-0.2, 0) is 0 Å². The van der Waals surface area contributed by atoms with Crippen molar-refractivity contribution in [2.45, 2.75) is 6.92 Å². The third-order valence-corrected chi connectivity index (χ3v) is 2.30. The number of rotatable bonds is 5. The second-order valence-corrected chi connectivity index (χ2v) is 3.79. The van der Waals surface area contributed by atoms with Gasteiger partial charge in [0.25, 0.3) is 0 Å². The van der Waals surface area contributed by atoms with Crippen molar-refractivity contribution in [1.82, 2.24) is 10.7 Å². The molecule has 0 aliphatic rings. The summed E-state index contributed by atoms with van der Waals surface area (Å²) in [5, 5.41) is 7.40. The molecule has 0 aromatic heterocycles. The molecule has 0 saturated heterocycles. The molecule has 1 aromatic carbocycles. The predicted octanol–water partition coefficient (Wildman–Crippen LogP) is 2.18. The third kappa shape index (κ3) is 5.45. The highest BCUT2D eigenvalue weighted by atomic mass is 32.1. The zero-order valence-electron chi connectivity index (χ0n) is 10.5. The van der Waals surface area contributed by atoms with Gasteiger partial charge in [-0.3, -0.25) is 5.43 Å². The number of ether oxygens (including phenoxy) is 1. The largest absolute Gasteiger partial charge is 0.497 e. The van der Waals surface area contributed by atoms with Crippen LogP contribution in [0.3, 0.4) is 0 Å². The van der Waals surface area contributed by atoms with E-state index in [4.69, 9.17) is 17.0 Å². The molecule has 18 heavy (non-hydrogen) atoms. The molecule has 2 N–H and O–H groups in total. The van der Waals surface area contributed by atoms with Gasteiger partial charge in [-0.2, -0.15) is 5.10 Å². The predicted molar refractivity (Wildman–Crippen MR) is 79.9 cm³/mol. The van der Waals surface area contributed by atoms with Crippen LogP contribution in [-0.4, -0.2) is 25.0 Å². The number of benzene rings is 1. The maximum atomic E-state index is 5.08. The molecular weight excluding hydrogens is 246 g/mol. The lowest BCUT2D eigenvalue weighted by atomic mass is 10.2. The molecule has 0 saturated carbocycles. The molecule has 0 spiro atoms. The summed E-state index contributed by atoms with van der Waals surface area (Å²) in [5.41, 5.74) is 3.79. The van der Waals surface area contributed by atoms with Gasteiger partial charge in [-0.25, -0.2) is 0 Å². The van der Waals surface area contributed by atoms with Gasteiger partial charge in [0.1, 0.15) is 5.75 Å². The Labute approximate surface area is 113 Å². The number of hydrogen-bond acceptors (Lipinski definition) is 3. The molecule has 0 unspecified atom stereocenters. The highest BCUT2D eigenvalue weighted by molar-refractivity contribution is 7.80. The molecule has 5 heteroatoms. The zero-order chi connectivity index (χ0) is 13.2. The monoisotopic (exact) mass is 263 g/mol. The SMILES string of the molecule is CCNC(=S)N/N=C\C=C\c1ccc(OC)cc1. The standard InChI is InChI=1S/C13H17N3OS/c1-3-14-13(18)16-15-10-4-5-11-6-8-12(17-2)9-7-11/h4-10H,3H2,1-2H3,(H2,14,16,18)/b5-4+,15-10-. The minimum absolute atomic E-state index is 0.520. The Balaban J connectivity index is 2.39. The van der Waals surface area contributed by atoms with Gasteiger partial charge in [-0.15, -0.1) is 0 Å². The van der Waals surface area contributed by atoms with Crippen molar-refractivity contribution < 1.29 is 4.74 Å². The molecule has 0 atom stereocenters. The minimum atomic E-state index is 0.520. The van der Waals surface area contributed by atoms with Crippen LogP contribution in [0.4, 0.5) is 0 Å². The van der Waals surface area contributed by atoms with Crippen molar-refractivity contribution in [3.63, 3.8) is 0 Å².